The molecule has 0 saturated carbocycles. The number of sulfone groups is 1. The highest BCUT2D eigenvalue weighted by atomic mass is 32.2. The van der Waals surface area contributed by atoms with E-state index in [4.69, 9.17) is 6.57 Å². The molecule has 0 atom stereocenters. The van der Waals surface area contributed by atoms with Gasteiger partial charge in [0.2, 0.25) is 0 Å². The van der Waals surface area contributed by atoms with Crippen molar-refractivity contribution in [2.75, 3.05) is 11.6 Å². The van der Waals surface area contributed by atoms with Crippen LogP contribution in [0.15, 0.2) is 81.9 Å². The summed E-state index contributed by atoms with van der Waals surface area (Å²) in [6, 6.07) is 15.5. The molecule has 7 nitrogen and oxygen atoms in total. The Morgan fingerprint density at radius 2 is 1.83 bits per heavy atom. The van der Waals surface area contributed by atoms with E-state index in [-0.39, 0.29) is 10.6 Å². The van der Waals surface area contributed by atoms with Gasteiger partial charge in [-0.05, 0) is 35.9 Å². The molecule has 0 saturated heterocycles. The van der Waals surface area contributed by atoms with Gasteiger partial charge in [0.25, 0.3) is 0 Å². The number of carbonyl (C=O) groups excluding carboxylic acids is 1. The number of carbonyl (C=O) groups is 1. The SMILES string of the molecule is [C-]#[N+]c1cccc(N=NC(=O)Nc2ccc(-c3ccccc3S(C)(=O)=O)cc2F)c1. The summed E-state index contributed by atoms with van der Waals surface area (Å²) < 4.78 is 38.4. The summed E-state index contributed by atoms with van der Waals surface area (Å²) in [7, 11) is -3.50. The lowest BCUT2D eigenvalue weighted by atomic mass is 10.1. The van der Waals surface area contributed by atoms with Crippen LogP contribution >= 0.6 is 0 Å². The van der Waals surface area contributed by atoms with E-state index in [1.165, 1.54) is 24.3 Å². The molecular formula is C21H15FN4O3S. The van der Waals surface area contributed by atoms with Gasteiger partial charge in [-0.3, -0.25) is 0 Å². The molecule has 2 amide bonds. The lowest BCUT2D eigenvalue weighted by molar-refractivity contribution is 0.258. The van der Waals surface area contributed by atoms with Gasteiger partial charge < -0.3 is 5.32 Å². The molecule has 3 aromatic carbocycles. The average Bonchev–Trinajstić information content (AvgIpc) is 2.73. The Hall–Kier alpha value is -3.90. The third-order valence-corrected chi connectivity index (χ3v) is 5.18. The summed E-state index contributed by atoms with van der Waals surface area (Å²) in [6.45, 7) is 6.95. The number of nitrogens with one attached hydrogen (secondary N) is 1. The van der Waals surface area contributed by atoms with Crippen LogP contribution in [0.4, 0.5) is 26.2 Å². The van der Waals surface area contributed by atoms with E-state index >= 15 is 0 Å². The minimum atomic E-state index is -3.50. The zero-order chi connectivity index (χ0) is 21.7. The molecule has 1 N–H and O–H groups in total. The molecule has 0 fully saturated rings. The topological polar surface area (TPSA) is 92.3 Å². The van der Waals surface area contributed by atoms with E-state index in [0.29, 0.717) is 22.5 Å². The largest absolute Gasteiger partial charge is 0.364 e. The quantitative estimate of drug-likeness (QED) is 0.428. The van der Waals surface area contributed by atoms with Crippen LogP contribution in [0.3, 0.4) is 0 Å². The van der Waals surface area contributed by atoms with Crippen molar-refractivity contribution in [3.8, 4) is 11.1 Å². The number of hydrogen-bond acceptors (Lipinski definition) is 4. The number of benzene rings is 3. The smallest absolute Gasteiger partial charge is 0.302 e. The fourth-order valence-corrected chi connectivity index (χ4v) is 3.59. The molecule has 0 bridgehead atoms. The van der Waals surface area contributed by atoms with Crippen molar-refractivity contribution in [3.63, 3.8) is 0 Å². The normalized spacial score (nSPS) is 11.2. The van der Waals surface area contributed by atoms with Crippen molar-refractivity contribution in [2.45, 2.75) is 4.90 Å². The van der Waals surface area contributed by atoms with Gasteiger partial charge >= 0.3 is 6.03 Å². The number of azo groups is 1. The number of amides is 2. The van der Waals surface area contributed by atoms with Crippen LogP contribution in [-0.2, 0) is 9.84 Å². The molecular weight excluding hydrogens is 407 g/mol. The highest BCUT2D eigenvalue weighted by molar-refractivity contribution is 7.90. The van der Waals surface area contributed by atoms with Gasteiger partial charge in [-0.2, -0.15) is 0 Å². The van der Waals surface area contributed by atoms with E-state index in [2.05, 4.69) is 20.4 Å². The lowest BCUT2D eigenvalue weighted by Crippen LogP contribution is -2.07. The summed E-state index contributed by atoms with van der Waals surface area (Å²) in [5.41, 5.74) is 1.24. The van der Waals surface area contributed by atoms with E-state index in [9.17, 15) is 17.6 Å². The number of halogens is 1. The highest BCUT2D eigenvalue weighted by Crippen LogP contribution is 2.30. The maximum atomic E-state index is 14.5. The van der Waals surface area contributed by atoms with Crippen LogP contribution in [0, 0.1) is 12.4 Å². The second-order valence-corrected chi connectivity index (χ2v) is 8.21. The van der Waals surface area contributed by atoms with Gasteiger partial charge in [-0.15, -0.1) is 5.11 Å². The van der Waals surface area contributed by atoms with E-state index < -0.39 is 21.7 Å². The van der Waals surface area contributed by atoms with Crippen LogP contribution in [0.1, 0.15) is 0 Å². The van der Waals surface area contributed by atoms with Crippen molar-refractivity contribution >= 4 is 32.9 Å². The first-order valence-electron chi connectivity index (χ1n) is 8.57. The van der Waals surface area contributed by atoms with E-state index in [1.54, 1.807) is 36.4 Å². The standard InChI is InChI=1S/C21H15FN4O3S/c1-23-15-6-5-7-16(13-15)25-26-21(27)24-19-11-10-14(12-18(19)22)17-8-3-4-9-20(17)30(2,28)29/h3-13H,2H3,(H,24,27). The minimum absolute atomic E-state index is 0.0802. The zero-order valence-corrected chi connectivity index (χ0v) is 16.5. The molecule has 9 heteroatoms. The van der Waals surface area contributed by atoms with Crippen molar-refractivity contribution in [2.24, 2.45) is 10.2 Å². The van der Waals surface area contributed by atoms with Crippen molar-refractivity contribution in [1.29, 1.82) is 0 Å². The van der Waals surface area contributed by atoms with Gasteiger partial charge in [0.05, 0.1) is 22.8 Å². The first kappa shape index (κ1) is 20.8. The molecule has 0 aromatic heterocycles. The molecule has 0 heterocycles. The van der Waals surface area contributed by atoms with Crippen LogP contribution in [0.25, 0.3) is 16.0 Å². The zero-order valence-electron chi connectivity index (χ0n) is 15.7. The second kappa shape index (κ2) is 8.63. The van der Waals surface area contributed by atoms with Crippen molar-refractivity contribution in [3.05, 3.63) is 84.0 Å². The van der Waals surface area contributed by atoms with Crippen molar-refractivity contribution in [1.82, 2.24) is 0 Å². The molecule has 0 radical (unpaired) electrons. The monoisotopic (exact) mass is 422 g/mol. The van der Waals surface area contributed by atoms with E-state index in [1.807, 2.05) is 0 Å². The van der Waals surface area contributed by atoms with Crippen molar-refractivity contribution < 1.29 is 17.6 Å². The van der Waals surface area contributed by atoms with Crippen LogP contribution in [0.2, 0.25) is 0 Å². The minimum Gasteiger partial charge on any atom is -0.302 e. The molecule has 30 heavy (non-hydrogen) atoms. The Bertz CT molecular complexity index is 1300. The van der Waals surface area contributed by atoms with Crippen LogP contribution in [0.5, 0.6) is 0 Å². The average molecular weight is 422 g/mol. The first-order valence-corrected chi connectivity index (χ1v) is 10.5. The molecule has 3 rings (SSSR count). The van der Waals surface area contributed by atoms with Gasteiger partial charge in [-0.1, -0.05) is 41.5 Å². The predicted molar refractivity (Wildman–Crippen MR) is 111 cm³/mol. The highest BCUT2D eigenvalue weighted by Gasteiger charge is 2.15. The van der Waals surface area contributed by atoms with Crippen LogP contribution < -0.4 is 5.32 Å². The molecule has 0 spiro atoms. The third-order valence-electron chi connectivity index (χ3n) is 4.02. The molecule has 3 aromatic rings. The second-order valence-electron chi connectivity index (χ2n) is 6.22. The number of nitrogens with zero attached hydrogens (tertiary/aromatic N) is 3. The molecule has 0 unspecified atom stereocenters. The third kappa shape index (κ3) is 4.92. The molecule has 150 valence electrons. The number of urea groups is 1. The Kier molecular flexibility index (Phi) is 5.99. The summed E-state index contributed by atoms with van der Waals surface area (Å²) in [4.78, 5) is 15.3. The maximum Gasteiger partial charge on any atom is 0.364 e. The first-order chi connectivity index (χ1) is 14.3. The Labute approximate surface area is 172 Å². The fraction of sp³-hybridized carbons (Fsp3) is 0.0476. The van der Waals surface area contributed by atoms with Gasteiger partial charge in [0.15, 0.2) is 15.5 Å². The summed E-state index contributed by atoms with van der Waals surface area (Å²) in [5, 5.41) is 9.46. The Morgan fingerprint density at radius 1 is 1.07 bits per heavy atom. The van der Waals surface area contributed by atoms with Gasteiger partial charge in [-0.25, -0.2) is 22.4 Å². The number of hydrogen-bond donors (Lipinski definition) is 1. The molecule has 0 aliphatic carbocycles. The fourth-order valence-electron chi connectivity index (χ4n) is 2.68. The molecule has 0 aliphatic heterocycles. The number of rotatable bonds is 4. The number of anilines is 1. The maximum absolute atomic E-state index is 14.5. The van der Waals surface area contributed by atoms with Gasteiger partial charge in [0, 0.05) is 11.8 Å². The summed E-state index contributed by atoms with van der Waals surface area (Å²) >= 11 is 0. The van der Waals surface area contributed by atoms with E-state index in [0.717, 1.165) is 12.3 Å². The summed E-state index contributed by atoms with van der Waals surface area (Å²) in [6.07, 6.45) is 1.08. The predicted octanol–water partition coefficient (Wildman–Crippen LogP) is 5.76. The van der Waals surface area contributed by atoms with Crippen LogP contribution in [-0.4, -0.2) is 20.7 Å². The van der Waals surface area contributed by atoms with Gasteiger partial charge in [0.1, 0.15) is 5.82 Å². The Balaban J connectivity index is 1.81. The summed E-state index contributed by atoms with van der Waals surface area (Å²) in [5.74, 6) is -0.755. The lowest BCUT2D eigenvalue weighted by Gasteiger charge is -2.10. The Morgan fingerprint density at radius 3 is 2.53 bits per heavy atom. The molecule has 0 aliphatic rings.